The summed E-state index contributed by atoms with van der Waals surface area (Å²) in [6.07, 6.45) is 0. The van der Waals surface area contributed by atoms with Crippen molar-refractivity contribution in [1.29, 1.82) is 0 Å². The monoisotopic (exact) mass is 349 g/mol. The van der Waals surface area contributed by atoms with Crippen molar-refractivity contribution in [1.82, 2.24) is 10.2 Å². The highest BCUT2D eigenvalue weighted by molar-refractivity contribution is 7.80. The highest BCUT2D eigenvalue weighted by Gasteiger charge is 2.15. The Morgan fingerprint density at radius 1 is 1.26 bits per heavy atom. The molecular formula is C17H23N3OS2. The van der Waals surface area contributed by atoms with Crippen molar-refractivity contribution >= 4 is 34.4 Å². The van der Waals surface area contributed by atoms with Crippen molar-refractivity contribution in [3.8, 4) is 5.75 Å². The van der Waals surface area contributed by atoms with Gasteiger partial charge in [-0.3, -0.25) is 0 Å². The smallest absolute Gasteiger partial charge is 0.170 e. The lowest BCUT2D eigenvalue weighted by molar-refractivity contribution is 0.303. The Hall–Kier alpha value is -1.63. The summed E-state index contributed by atoms with van der Waals surface area (Å²) in [5.41, 5.74) is 0.879. The number of likely N-dealkylation sites (N-methyl/N-ethyl adjacent to an activating group) is 1. The van der Waals surface area contributed by atoms with E-state index in [2.05, 4.69) is 47.1 Å². The largest absolute Gasteiger partial charge is 0.492 e. The highest BCUT2D eigenvalue weighted by Crippen LogP contribution is 2.24. The standard InChI is InChI=1S/C17H23N3OS2/c1-4-21-15-9-6-5-8-13(15)19-17(22)18-12-14(20(2)3)16-10-7-11-23-16/h5-11,14H,4,12H2,1-3H3,(H2,18,19,22)/t14-/m1/s1. The highest BCUT2D eigenvalue weighted by atomic mass is 32.1. The van der Waals surface area contributed by atoms with Gasteiger partial charge in [0.25, 0.3) is 0 Å². The van der Waals surface area contributed by atoms with Gasteiger partial charge in [-0.05, 0) is 56.8 Å². The number of thiophene rings is 1. The van der Waals surface area contributed by atoms with Crippen LogP contribution in [-0.4, -0.2) is 37.3 Å². The minimum atomic E-state index is 0.289. The van der Waals surface area contributed by atoms with E-state index in [-0.39, 0.29) is 6.04 Å². The number of thiocarbonyl (C=S) groups is 1. The average Bonchev–Trinajstić information content (AvgIpc) is 3.03. The van der Waals surface area contributed by atoms with E-state index in [4.69, 9.17) is 17.0 Å². The Morgan fingerprint density at radius 3 is 2.70 bits per heavy atom. The predicted molar refractivity (Wildman–Crippen MR) is 103 cm³/mol. The minimum Gasteiger partial charge on any atom is -0.492 e. The normalized spacial score (nSPS) is 12.0. The Labute approximate surface area is 147 Å². The fraction of sp³-hybridized carbons (Fsp3) is 0.353. The summed E-state index contributed by atoms with van der Waals surface area (Å²) >= 11 is 7.18. The topological polar surface area (TPSA) is 36.5 Å². The van der Waals surface area contributed by atoms with Crippen LogP contribution < -0.4 is 15.4 Å². The SMILES string of the molecule is CCOc1ccccc1NC(=S)NC[C@H](c1cccs1)N(C)C. The number of rotatable bonds is 7. The van der Waals surface area contributed by atoms with Gasteiger partial charge in [-0.25, -0.2) is 0 Å². The first kappa shape index (κ1) is 17.7. The van der Waals surface area contributed by atoms with Crippen LogP contribution in [0.5, 0.6) is 5.75 Å². The number of ether oxygens (including phenoxy) is 1. The summed E-state index contributed by atoms with van der Waals surface area (Å²) in [7, 11) is 4.15. The third-order valence-electron chi connectivity index (χ3n) is 3.39. The summed E-state index contributed by atoms with van der Waals surface area (Å²) in [5.74, 6) is 0.807. The second-order valence-electron chi connectivity index (χ2n) is 5.26. The molecule has 0 bridgehead atoms. The van der Waals surface area contributed by atoms with Gasteiger partial charge in [0.1, 0.15) is 5.75 Å². The summed E-state index contributed by atoms with van der Waals surface area (Å²) in [4.78, 5) is 3.51. The van der Waals surface area contributed by atoms with Crippen molar-refractivity contribution in [3.05, 3.63) is 46.7 Å². The van der Waals surface area contributed by atoms with Crippen molar-refractivity contribution < 1.29 is 4.74 Å². The number of nitrogens with one attached hydrogen (secondary N) is 2. The van der Waals surface area contributed by atoms with Crippen LogP contribution in [0.3, 0.4) is 0 Å². The molecule has 0 aliphatic carbocycles. The third kappa shape index (κ3) is 5.20. The Bertz CT molecular complexity index is 614. The van der Waals surface area contributed by atoms with Gasteiger partial charge in [0, 0.05) is 11.4 Å². The number of anilines is 1. The first-order chi connectivity index (χ1) is 11.1. The van der Waals surface area contributed by atoms with Crippen LogP contribution >= 0.6 is 23.6 Å². The van der Waals surface area contributed by atoms with Crippen LogP contribution in [0.4, 0.5) is 5.69 Å². The molecule has 0 saturated heterocycles. The van der Waals surface area contributed by atoms with Crippen LogP contribution in [0.2, 0.25) is 0 Å². The Balaban J connectivity index is 1.94. The lowest BCUT2D eigenvalue weighted by Crippen LogP contribution is -2.36. The maximum absolute atomic E-state index is 5.60. The van der Waals surface area contributed by atoms with E-state index in [1.807, 2.05) is 31.2 Å². The zero-order valence-corrected chi connectivity index (χ0v) is 15.3. The molecule has 0 radical (unpaired) electrons. The molecule has 6 heteroatoms. The molecule has 0 fully saturated rings. The molecule has 2 rings (SSSR count). The van der Waals surface area contributed by atoms with Gasteiger partial charge in [-0.2, -0.15) is 0 Å². The quantitative estimate of drug-likeness (QED) is 0.745. The summed E-state index contributed by atoms with van der Waals surface area (Å²) in [6.45, 7) is 3.34. The molecule has 0 saturated carbocycles. The summed E-state index contributed by atoms with van der Waals surface area (Å²) in [5, 5.41) is 9.21. The number of para-hydroxylation sites is 2. The van der Waals surface area contributed by atoms with Gasteiger partial charge in [-0.15, -0.1) is 11.3 Å². The number of benzene rings is 1. The van der Waals surface area contributed by atoms with Gasteiger partial charge in [0.15, 0.2) is 5.11 Å². The van der Waals surface area contributed by atoms with Gasteiger partial charge < -0.3 is 20.3 Å². The zero-order valence-electron chi connectivity index (χ0n) is 13.7. The molecule has 0 spiro atoms. The number of nitrogens with zero attached hydrogens (tertiary/aromatic N) is 1. The molecule has 0 amide bonds. The summed E-state index contributed by atoms with van der Waals surface area (Å²) in [6, 6.07) is 12.3. The fourth-order valence-electron chi connectivity index (χ4n) is 2.23. The molecule has 23 heavy (non-hydrogen) atoms. The van der Waals surface area contributed by atoms with E-state index in [1.54, 1.807) is 11.3 Å². The van der Waals surface area contributed by atoms with Gasteiger partial charge in [0.2, 0.25) is 0 Å². The molecule has 124 valence electrons. The summed E-state index contributed by atoms with van der Waals surface area (Å²) < 4.78 is 5.60. The fourth-order valence-corrected chi connectivity index (χ4v) is 3.34. The van der Waals surface area contributed by atoms with Crippen LogP contribution in [0.25, 0.3) is 0 Å². The van der Waals surface area contributed by atoms with Gasteiger partial charge in [0.05, 0.1) is 18.3 Å². The van der Waals surface area contributed by atoms with Crippen LogP contribution in [0.1, 0.15) is 17.8 Å². The molecule has 1 atom stereocenters. The zero-order chi connectivity index (χ0) is 16.7. The van der Waals surface area contributed by atoms with Crippen LogP contribution in [-0.2, 0) is 0 Å². The number of hydrogen-bond donors (Lipinski definition) is 2. The van der Waals surface area contributed by atoms with E-state index in [9.17, 15) is 0 Å². The van der Waals surface area contributed by atoms with Crippen LogP contribution in [0.15, 0.2) is 41.8 Å². The van der Waals surface area contributed by atoms with Crippen molar-refractivity contribution in [2.45, 2.75) is 13.0 Å². The maximum atomic E-state index is 5.60. The molecule has 2 N–H and O–H groups in total. The van der Waals surface area contributed by atoms with Crippen molar-refractivity contribution in [3.63, 3.8) is 0 Å². The molecular weight excluding hydrogens is 326 g/mol. The van der Waals surface area contributed by atoms with E-state index >= 15 is 0 Å². The Kier molecular flexibility index (Phi) is 6.83. The van der Waals surface area contributed by atoms with Crippen molar-refractivity contribution in [2.24, 2.45) is 0 Å². The van der Waals surface area contributed by atoms with E-state index in [0.717, 1.165) is 18.0 Å². The van der Waals surface area contributed by atoms with Gasteiger partial charge >= 0.3 is 0 Å². The molecule has 0 aliphatic rings. The molecule has 4 nitrogen and oxygen atoms in total. The molecule has 1 heterocycles. The second kappa shape index (κ2) is 8.86. The lowest BCUT2D eigenvalue weighted by Gasteiger charge is -2.24. The third-order valence-corrected chi connectivity index (χ3v) is 4.61. The molecule has 1 aromatic carbocycles. The Morgan fingerprint density at radius 2 is 2.04 bits per heavy atom. The van der Waals surface area contributed by atoms with E-state index in [1.165, 1.54) is 4.88 Å². The molecule has 0 unspecified atom stereocenters. The molecule has 1 aromatic heterocycles. The van der Waals surface area contributed by atoms with E-state index < -0.39 is 0 Å². The molecule has 0 aliphatic heterocycles. The van der Waals surface area contributed by atoms with Crippen molar-refractivity contribution in [2.75, 3.05) is 32.6 Å². The lowest BCUT2D eigenvalue weighted by atomic mass is 10.2. The maximum Gasteiger partial charge on any atom is 0.170 e. The second-order valence-corrected chi connectivity index (χ2v) is 6.65. The first-order valence-electron chi connectivity index (χ1n) is 7.58. The van der Waals surface area contributed by atoms with Gasteiger partial charge in [-0.1, -0.05) is 18.2 Å². The van der Waals surface area contributed by atoms with Crippen LogP contribution in [0, 0.1) is 0 Å². The van der Waals surface area contributed by atoms with E-state index in [0.29, 0.717) is 11.7 Å². The molecule has 2 aromatic rings. The predicted octanol–water partition coefficient (Wildman–Crippen LogP) is 3.74. The minimum absolute atomic E-state index is 0.289. The first-order valence-corrected chi connectivity index (χ1v) is 8.87. The average molecular weight is 350 g/mol. The number of hydrogen-bond acceptors (Lipinski definition) is 4.